The Labute approximate surface area is 182 Å². The summed E-state index contributed by atoms with van der Waals surface area (Å²) < 4.78 is 16.2. The van der Waals surface area contributed by atoms with Gasteiger partial charge in [0.15, 0.2) is 0 Å². The van der Waals surface area contributed by atoms with Crippen molar-refractivity contribution in [3.05, 3.63) is 93.0 Å². The second-order valence-electron chi connectivity index (χ2n) is 7.01. The normalized spacial score (nSPS) is 10.6. The Kier molecular flexibility index (Phi) is 5.60. The minimum atomic E-state index is -0.420. The number of thiophene rings is 1. The Balaban J connectivity index is 1.50. The van der Waals surface area contributed by atoms with E-state index in [-0.39, 0.29) is 12.5 Å². The van der Waals surface area contributed by atoms with Gasteiger partial charge in [0.2, 0.25) is 0 Å². The van der Waals surface area contributed by atoms with Gasteiger partial charge in [-0.25, -0.2) is 9.07 Å². The highest BCUT2D eigenvalue weighted by Gasteiger charge is 2.13. The predicted octanol–water partition coefficient (Wildman–Crippen LogP) is 5.23. The van der Waals surface area contributed by atoms with Gasteiger partial charge in [-0.2, -0.15) is 5.10 Å². The van der Waals surface area contributed by atoms with Crippen molar-refractivity contribution >= 4 is 23.1 Å². The maximum absolute atomic E-state index is 14.6. The SMILES string of the molecule is [C-]#[N+]c1ncc(-c2ccn(-c3ccc(CNC(=O)c4sccc4C)c(F)c3)n2)cc1C. The van der Waals surface area contributed by atoms with Gasteiger partial charge in [0, 0.05) is 23.9 Å². The Morgan fingerprint density at radius 3 is 2.74 bits per heavy atom. The summed E-state index contributed by atoms with van der Waals surface area (Å²) >= 11 is 1.36. The molecule has 3 heterocycles. The summed E-state index contributed by atoms with van der Waals surface area (Å²) in [6.07, 6.45) is 3.35. The lowest BCUT2D eigenvalue weighted by molar-refractivity contribution is 0.0954. The van der Waals surface area contributed by atoms with Gasteiger partial charge < -0.3 is 10.2 Å². The zero-order valence-electron chi connectivity index (χ0n) is 16.9. The van der Waals surface area contributed by atoms with Crippen molar-refractivity contribution < 1.29 is 9.18 Å². The Morgan fingerprint density at radius 2 is 2.06 bits per heavy atom. The zero-order valence-corrected chi connectivity index (χ0v) is 17.7. The van der Waals surface area contributed by atoms with Crippen LogP contribution in [0.1, 0.15) is 26.4 Å². The summed E-state index contributed by atoms with van der Waals surface area (Å²) in [5, 5.41) is 9.12. The molecular formula is C23H18FN5OS. The van der Waals surface area contributed by atoms with Crippen LogP contribution in [0.2, 0.25) is 0 Å². The third-order valence-electron chi connectivity index (χ3n) is 4.85. The average Bonchev–Trinajstić information content (AvgIpc) is 3.42. The fourth-order valence-corrected chi connectivity index (χ4v) is 3.97. The second kappa shape index (κ2) is 8.50. The highest BCUT2D eigenvalue weighted by atomic mass is 32.1. The molecular weight excluding hydrogens is 413 g/mol. The average molecular weight is 431 g/mol. The summed E-state index contributed by atoms with van der Waals surface area (Å²) in [5.41, 5.74) is 4.10. The first-order valence-corrected chi connectivity index (χ1v) is 10.4. The number of rotatable bonds is 5. The molecule has 4 rings (SSSR count). The molecule has 0 aliphatic rings. The first kappa shape index (κ1) is 20.4. The molecule has 0 saturated carbocycles. The predicted molar refractivity (Wildman–Crippen MR) is 118 cm³/mol. The molecule has 4 aromatic rings. The highest BCUT2D eigenvalue weighted by Crippen LogP contribution is 2.24. The molecule has 0 aliphatic carbocycles. The molecule has 0 atom stereocenters. The summed E-state index contributed by atoms with van der Waals surface area (Å²) in [6.45, 7) is 10.9. The van der Waals surface area contributed by atoms with Crippen molar-refractivity contribution in [3.8, 4) is 16.9 Å². The van der Waals surface area contributed by atoms with Gasteiger partial charge in [-0.3, -0.25) is 4.79 Å². The van der Waals surface area contributed by atoms with Gasteiger partial charge in [0.05, 0.1) is 16.3 Å². The number of pyridine rings is 1. The number of nitrogens with zero attached hydrogens (tertiary/aromatic N) is 4. The summed E-state index contributed by atoms with van der Waals surface area (Å²) in [7, 11) is 0. The highest BCUT2D eigenvalue weighted by molar-refractivity contribution is 7.12. The van der Waals surface area contributed by atoms with Crippen LogP contribution in [0.25, 0.3) is 21.8 Å². The van der Waals surface area contributed by atoms with Gasteiger partial charge in [-0.05, 0) is 54.6 Å². The molecule has 8 heteroatoms. The van der Waals surface area contributed by atoms with E-state index in [0.29, 0.717) is 27.6 Å². The Morgan fingerprint density at radius 1 is 1.23 bits per heavy atom. The third kappa shape index (κ3) is 4.22. The molecule has 0 fully saturated rings. The summed E-state index contributed by atoms with van der Waals surface area (Å²) in [5.74, 6) is -0.264. The van der Waals surface area contributed by atoms with E-state index in [0.717, 1.165) is 16.7 Å². The number of halogens is 1. The van der Waals surface area contributed by atoms with Crippen LogP contribution in [0.3, 0.4) is 0 Å². The van der Waals surface area contributed by atoms with Crippen LogP contribution in [0, 0.1) is 26.2 Å². The lowest BCUT2D eigenvalue weighted by Crippen LogP contribution is -2.23. The third-order valence-corrected chi connectivity index (χ3v) is 5.87. The van der Waals surface area contributed by atoms with Crippen LogP contribution < -0.4 is 5.32 Å². The van der Waals surface area contributed by atoms with Crippen molar-refractivity contribution in [1.29, 1.82) is 0 Å². The molecule has 1 aromatic carbocycles. The van der Waals surface area contributed by atoms with Crippen molar-refractivity contribution in [1.82, 2.24) is 20.1 Å². The van der Waals surface area contributed by atoms with Crippen LogP contribution in [-0.4, -0.2) is 20.7 Å². The number of hydrogen-bond donors (Lipinski definition) is 1. The molecule has 3 aromatic heterocycles. The van der Waals surface area contributed by atoms with E-state index in [2.05, 4.69) is 20.2 Å². The maximum Gasteiger partial charge on any atom is 0.272 e. The fraction of sp³-hybridized carbons (Fsp3) is 0.130. The quantitative estimate of drug-likeness (QED) is 0.440. The number of aryl methyl sites for hydroxylation is 2. The van der Waals surface area contributed by atoms with Crippen LogP contribution in [0.4, 0.5) is 10.2 Å². The molecule has 154 valence electrons. The minimum Gasteiger partial charge on any atom is -0.360 e. The standard InChI is InChI=1S/C23H18FN5OS/c1-14-7-9-31-21(14)23(30)27-12-16-4-5-18(11-19(16)24)29-8-6-20(28-29)17-10-15(2)22(25-3)26-13-17/h4-11,13H,12H2,1-2H3,(H,27,30). The molecule has 31 heavy (non-hydrogen) atoms. The van der Waals surface area contributed by atoms with Gasteiger partial charge in [0.25, 0.3) is 11.7 Å². The van der Waals surface area contributed by atoms with E-state index >= 15 is 0 Å². The molecule has 1 amide bonds. The molecule has 0 unspecified atom stereocenters. The van der Waals surface area contributed by atoms with Gasteiger partial charge in [-0.15, -0.1) is 16.3 Å². The number of carbonyl (C=O) groups excluding carboxylic acids is 1. The fourth-order valence-electron chi connectivity index (χ4n) is 3.13. The molecule has 0 bridgehead atoms. The lowest BCUT2D eigenvalue weighted by atomic mass is 10.1. The monoisotopic (exact) mass is 431 g/mol. The topological polar surface area (TPSA) is 64.2 Å². The first-order chi connectivity index (χ1) is 15.0. The van der Waals surface area contributed by atoms with Crippen LogP contribution >= 0.6 is 11.3 Å². The van der Waals surface area contributed by atoms with E-state index in [1.807, 2.05) is 37.4 Å². The van der Waals surface area contributed by atoms with Crippen molar-refractivity contribution in [2.75, 3.05) is 0 Å². The Hall–Kier alpha value is -3.83. The van der Waals surface area contributed by atoms with Crippen LogP contribution in [0.15, 0.2) is 54.2 Å². The Bertz CT molecular complexity index is 1320. The number of amides is 1. The molecule has 0 saturated heterocycles. The van der Waals surface area contributed by atoms with Crippen molar-refractivity contribution in [3.63, 3.8) is 0 Å². The van der Waals surface area contributed by atoms with E-state index in [9.17, 15) is 9.18 Å². The first-order valence-electron chi connectivity index (χ1n) is 9.47. The van der Waals surface area contributed by atoms with E-state index in [4.69, 9.17) is 6.57 Å². The summed E-state index contributed by atoms with van der Waals surface area (Å²) in [4.78, 5) is 20.4. The molecule has 1 N–H and O–H groups in total. The summed E-state index contributed by atoms with van der Waals surface area (Å²) in [6, 6.07) is 10.3. The van der Waals surface area contributed by atoms with Crippen molar-refractivity contribution in [2.45, 2.75) is 20.4 Å². The maximum atomic E-state index is 14.6. The van der Waals surface area contributed by atoms with E-state index in [1.165, 1.54) is 17.4 Å². The minimum absolute atomic E-state index is 0.102. The number of nitrogens with one attached hydrogen (secondary N) is 1. The largest absolute Gasteiger partial charge is 0.360 e. The van der Waals surface area contributed by atoms with Gasteiger partial charge >= 0.3 is 0 Å². The smallest absolute Gasteiger partial charge is 0.272 e. The molecule has 0 aliphatic heterocycles. The molecule has 0 spiro atoms. The van der Waals surface area contributed by atoms with Crippen LogP contribution in [-0.2, 0) is 6.54 Å². The van der Waals surface area contributed by atoms with Gasteiger partial charge in [0.1, 0.15) is 12.0 Å². The van der Waals surface area contributed by atoms with Gasteiger partial charge in [-0.1, -0.05) is 18.7 Å². The lowest BCUT2D eigenvalue weighted by Gasteiger charge is -2.08. The number of aromatic nitrogens is 3. The second-order valence-corrected chi connectivity index (χ2v) is 7.93. The van der Waals surface area contributed by atoms with Crippen LogP contribution in [0.5, 0.6) is 0 Å². The number of benzene rings is 1. The van der Waals surface area contributed by atoms with E-state index < -0.39 is 5.82 Å². The van der Waals surface area contributed by atoms with E-state index in [1.54, 1.807) is 29.2 Å². The number of hydrogen-bond acceptors (Lipinski definition) is 4. The zero-order chi connectivity index (χ0) is 22.0. The van der Waals surface area contributed by atoms with Crippen molar-refractivity contribution in [2.24, 2.45) is 0 Å². The molecule has 0 radical (unpaired) electrons. The molecule has 6 nitrogen and oxygen atoms in total. The number of carbonyl (C=O) groups is 1.